The molecule has 0 aliphatic rings. The van der Waals surface area contributed by atoms with Crippen molar-refractivity contribution < 1.29 is 19.0 Å². The van der Waals surface area contributed by atoms with Gasteiger partial charge in [0.05, 0.1) is 26.0 Å². The Morgan fingerprint density at radius 1 is 0.968 bits per heavy atom. The Morgan fingerprint density at radius 2 is 1.71 bits per heavy atom. The van der Waals surface area contributed by atoms with Gasteiger partial charge in [0.1, 0.15) is 12.4 Å². The summed E-state index contributed by atoms with van der Waals surface area (Å²) in [6.07, 6.45) is 1.53. The molecule has 0 aliphatic heterocycles. The standard InChI is InChI=1S/C24H23ClN2O4/c1-16-4-10-20(22(12-16)30-3)24(28)27-26-14-18-7-11-21(29-2)23(13-18)31-15-17-5-8-19(25)9-6-17/h4-14H,15H2,1-3H3,(H,27,28)/b26-14-. The molecule has 1 N–H and O–H groups in total. The van der Waals surface area contributed by atoms with Crippen molar-refractivity contribution >= 4 is 23.7 Å². The Balaban J connectivity index is 1.68. The van der Waals surface area contributed by atoms with E-state index in [4.69, 9.17) is 25.8 Å². The molecule has 0 atom stereocenters. The Hall–Kier alpha value is -3.51. The number of rotatable bonds is 8. The van der Waals surface area contributed by atoms with Crippen molar-refractivity contribution in [2.45, 2.75) is 13.5 Å². The van der Waals surface area contributed by atoms with E-state index >= 15 is 0 Å². The highest BCUT2D eigenvalue weighted by atomic mass is 35.5. The summed E-state index contributed by atoms with van der Waals surface area (Å²) >= 11 is 5.92. The molecule has 0 saturated heterocycles. The first-order valence-corrected chi connectivity index (χ1v) is 9.91. The fraction of sp³-hybridized carbons (Fsp3) is 0.167. The van der Waals surface area contributed by atoms with Gasteiger partial charge in [-0.15, -0.1) is 0 Å². The number of methoxy groups -OCH3 is 2. The van der Waals surface area contributed by atoms with Crippen molar-refractivity contribution in [3.8, 4) is 17.2 Å². The Kier molecular flexibility index (Phi) is 7.51. The molecule has 7 heteroatoms. The first-order chi connectivity index (χ1) is 15.0. The predicted molar refractivity (Wildman–Crippen MR) is 122 cm³/mol. The van der Waals surface area contributed by atoms with Gasteiger partial charge in [-0.05, 0) is 66.1 Å². The number of hydrogen-bond acceptors (Lipinski definition) is 5. The van der Waals surface area contributed by atoms with Crippen LogP contribution in [0, 0.1) is 6.92 Å². The lowest BCUT2D eigenvalue weighted by Gasteiger charge is -2.11. The predicted octanol–water partition coefficient (Wildman–Crippen LogP) is 5.01. The summed E-state index contributed by atoms with van der Waals surface area (Å²) in [5, 5.41) is 4.72. The van der Waals surface area contributed by atoms with E-state index in [9.17, 15) is 4.79 Å². The van der Waals surface area contributed by atoms with Gasteiger partial charge >= 0.3 is 0 Å². The average Bonchev–Trinajstić information content (AvgIpc) is 2.78. The number of benzene rings is 3. The van der Waals surface area contributed by atoms with E-state index in [-0.39, 0.29) is 5.91 Å². The number of hydrazone groups is 1. The zero-order valence-electron chi connectivity index (χ0n) is 17.5. The van der Waals surface area contributed by atoms with E-state index in [1.807, 2.05) is 43.3 Å². The van der Waals surface area contributed by atoms with Crippen LogP contribution in [0.5, 0.6) is 17.2 Å². The van der Waals surface area contributed by atoms with Gasteiger partial charge in [-0.2, -0.15) is 5.10 Å². The summed E-state index contributed by atoms with van der Waals surface area (Å²) in [4.78, 5) is 12.4. The molecule has 0 radical (unpaired) electrons. The van der Waals surface area contributed by atoms with Crippen LogP contribution in [0.25, 0.3) is 0 Å². The average molecular weight is 439 g/mol. The normalized spacial score (nSPS) is 10.7. The highest BCUT2D eigenvalue weighted by molar-refractivity contribution is 6.30. The second-order valence-electron chi connectivity index (χ2n) is 6.73. The minimum atomic E-state index is -0.360. The van der Waals surface area contributed by atoms with Crippen LogP contribution in [0.4, 0.5) is 0 Å². The highest BCUT2D eigenvalue weighted by Gasteiger charge is 2.11. The van der Waals surface area contributed by atoms with Crippen molar-refractivity contribution in [2.75, 3.05) is 14.2 Å². The second-order valence-corrected chi connectivity index (χ2v) is 7.16. The van der Waals surface area contributed by atoms with Gasteiger partial charge in [-0.25, -0.2) is 5.43 Å². The maximum atomic E-state index is 12.4. The lowest BCUT2D eigenvalue weighted by molar-refractivity contribution is 0.0952. The van der Waals surface area contributed by atoms with E-state index in [1.165, 1.54) is 13.3 Å². The van der Waals surface area contributed by atoms with Crippen LogP contribution in [0.2, 0.25) is 5.02 Å². The zero-order chi connectivity index (χ0) is 22.2. The van der Waals surface area contributed by atoms with Gasteiger partial charge in [-0.1, -0.05) is 29.8 Å². The molecule has 0 saturated carbocycles. The van der Waals surface area contributed by atoms with E-state index in [0.29, 0.717) is 34.4 Å². The van der Waals surface area contributed by atoms with Crippen LogP contribution < -0.4 is 19.6 Å². The molecule has 0 heterocycles. The molecular weight excluding hydrogens is 416 g/mol. The van der Waals surface area contributed by atoms with Gasteiger partial charge in [0.2, 0.25) is 0 Å². The van der Waals surface area contributed by atoms with Crippen molar-refractivity contribution in [1.29, 1.82) is 0 Å². The molecule has 3 aromatic carbocycles. The molecule has 3 aromatic rings. The largest absolute Gasteiger partial charge is 0.496 e. The smallest absolute Gasteiger partial charge is 0.275 e. The zero-order valence-corrected chi connectivity index (χ0v) is 18.3. The number of nitrogens with one attached hydrogen (secondary N) is 1. The molecule has 1 amide bonds. The molecule has 6 nitrogen and oxygen atoms in total. The topological polar surface area (TPSA) is 69.2 Å². The molecule has 160 valence electrons. The molecule has 0 spiro atoms. The number of carbonyl (C=O) groups excluding carboxylic acids is 1. The second kappa shape index (κ2) is 10.5. The maximum absolute atomic E-state index is 12.4. The molecule has 0 fully saturated rings. The van der Waals surface area contributed by atoms with Gasteiger partial charge in [0, 0.05) is 5.02 Å². The lowest BCUT2D eigenvalue weighted by Crippen LogP contribution is -2.18. The molecule has 0 unspecified atom stereocenters. The van der Waals surface area contributed by atoms with Gasteiger partial charge < -0.3 is 14.2 Å². The molecular formula is C24H23ClN2O4. The third-order valence-corrected chi connectivity index (χ3v) is 4.73. The summed E-state index contributed by atoms with van der Waals surface area (Å²) in [6.45, 7) is 2.29. The molecule has 0 bridgehead atoms. The first kappa shape index (κ1) is 22.2. The van der Waals surface area contributed by atoms with Crippen LogP contribution in [-0.4, -0.2) is 26.3 Å². The number of ether oxygens (including phenoxy) is 3. The summed E-state index contributed by atoms with van der Waals surface area (Å²) in [5.74, 6) is 1.29. The summed E-state index contributed by atoms with van der Waals surface area (Å²) in [5.41, 5.74) is 5.64. The van der Waals surface area contributed by atoms with Crippen LogP contribution in [-0.2, 0) is 6.61 Å². The van der Waals surface area contributed by atoms with Crippen molar-refractivity contribution in [3.63, 3.8) is 0 Å². The number of nitrogens with zero attached hydrogens (tertiary/aromatic N) is 1. The first-order valence-electron chi connectivity index (χ1n) is 9.53. The number of carbonyl (C=O) groups is 1. The Morgan fingerprint density at radius 3 is 2.42 bits per heavy atom. The third kappa shape index (κ3) is 5.99. The van der Waals surface area contributed by atoms with E-state index in [0.717, 1.165) is 16.7 Å². The summed E-state index contributed by atoms with van der Waals surface area (Å²) < 4.78 is 16.5. The summed E-state index contributed by atoms with van der Waals surface area (Å²) in [6, 6.07) is 18.1. The van der Waals surface area contributed by atoms with E-state index < -0.39 is 0 Å². The quantitative estimate of drug-likeness (QED) is 0.396. The minimum Gasteiger partial charge on any atom is -0.496 e. The number of amides is 1. The monoisotopic (exact) mass is 438 g/mol. The number of halogens is 1. The van der Waals surface area contributed by atoms with Crippen LogP contribution in [0.1, 0.15) is 27.0 Å². The minimum absolute atomic E-state index is 0.359. The summed E-state index contributed by atoms with van der Waals surface area (Å²) in [7, 11) is 3.10. The lowest BCUT2D eigenvalue weighted by atomic mass is 10.1. The molecule has 3 rings (SSSR count). The van der Waals surface area contributed by atoms with Gasteiger partial charge in [0.15, 0.2) is 11.5 Å². The van der Waals surface area contributed by atoms with E-state index in [1.54, 1.807) is 31.4 Å². The third-order valence-electron chi connectivity index (χ3n) is 4.48. The van der Waals surface area contributed by atoms with Gasteiger partial charge in [-0.3, -0.25) is 4.79 Å². The van der Waals surface area contributed by atoms with Crippen molar-refractivity contribution in [3.05, 3.63) is 87.9 Å². The fourth-order valence-electron chi connectivity index (χ4n) is 2.84. The van der Waals surface area contributed by atoms with Crippen LogP contribution in [0.3, 0.4) is 0 Å². The maximum Gasteiger partial charge on any atom is 0.275 e. The Labute approximate surface area is 186 Å². The van der Waals surface area contributed by atoms with E-state index in [2.05, 4.69) is 10.5 Å². The van der Waals surface area contributed by atoms with Crippen LogP contribution >= 0.6 is 11.6 Å². The number of aryl methyl sites for hydroxylation is 1. The number of hydrogen-bond donors (Lipinski definition) is 1. The van der Waals surface area contributed by atoms with Gasteiger partial charge in [0.25, 0.3) is 5.91 Å². The molecule has 0 aromatic heterocycles. The Bertz CT molecular complexity index is 1080. The molecule has 31 heavy (non-hydrogen) atoms. The molecule has 0 aliphatic carbocycles. The van der Waals surface area contributed by atoms with Crippen LogP contribution in [0.15, 0.2) is 65.8 Å². The van der Waals surface area contributed by atoms with Crippen molar-refractivity contribution in [2.24, 2.45) is 5.10 Å². The fourth-order valence-corrected chi connectivity index (χ4v) is 2.97. The SMILES string of the molecule is COc1ccc(/C=N\NC(=O)c2ccc(C)cc2OC)cc1OCc1ccc(Cl)cc1. The van der Waals surface area contributed by atoms with Crippen molar-refractivity contribution in [1.82, 2.24) is 5.43 Å². The highest BCUT2D eigenvalue weighted by Crippen LogP contribution is 2.28.